The molecule has 16 heavy (non-hydrogen) atoms. The number of carboxylic acid groups (broad SMARTS) is 1. The fourth-order valence-electron chi connectivity index (χ4n) is 1.10. The van der Waals surface area contributed by atoms with E-state index in [-0.39, 0.29) is 28.0 Å². The van der Waals surface area contributed by atoms with Crippen molar-refractivity contribution in [3.05, 3.63) is 23.5 Å². The third kappa shape index (κ3) is 2.86. The van der Waals surface area contributed by atoms with Gasteiger partial charge in [-0.1, -0.05) is 6.92 Å². The number of rotatable bonds is 4. The number of hydrogen-bond acceptors (Lipinski definition) is 4. The van der Waals surface area contributed by atoms with Crippen LogP contribution in [0.4, 0.5) is 10.1 Å². The number of carboxylic acids is 1. The molecule has 0 bridgehead atoms. The van der Waals surface area contributed by atoms with Gasteiger partial charge in [-0.15, -0.1) is 11.8 Å². The number of anilines is 1. The number of aromatic carboxylic acids is 1. The molecule has 0 aliphatic rings. The van der Waals surface area contributed by atoms with Crippen LogP contribution in [-0.4, -0.2) is 28.0 Å². The molecule has 0 amide bonds. The summed E-state index contributed by atoms with van der Waals surface area (Å²) in [6.45, 7) is 1.60. The molecular formula is C10H12FNO3S. The molecule has 0 heterocycles. The van der Waals surface area contributed by atoms with E-state index in [4.69, 9.17) is 15.9 Å². The number of nitrogens with two attached hydrogens (primary N) is 1. The Morgan fingerprint density at radius 1 is 1.62 bits per heavy atom. The first-order valence-electron chi connectivity index (χ1n) is 4.55. The Morgan fingerprint density at radius 3 is 2.75 bits per heavy atom. The fourth-order valence-corrected chi connectivity index (χ4v) is 1.96. The fraction of sp³-hybridized carbons (Fsp3) is 0.300. The van der Waals surface area contributed by atoms with Crippen molar-refractivity contribution in [3.63, 3.8) is 0 Å². The Hall–Kier alpha value is -1.27. The third-order valence-corrected chi connectivity index (χ3v) is 3.04. The van der Waals surface area contributed by atoms with E-state index in [1.165, 1.54) is 6.07 Å². The summed E-state index contributed by atoms with van der Waals surface area (Å²) < 4.78 is 13.4. The first-order chi connectivity index (χ1) is 7.45. The van der Waals surface area contributed by atoms with Crippen molar-refractivity contribution >= 4 is 23.4 Å². The van der Waals surface area contributed by atoms with Crippen molar-refractivity contribution in [2.75, 3.05) is 12.3 Å². The molecule has 0 fully saturated rings. The summed E-state index contributed by atoms with van der Waals surface area (Å²) in [4.78, 5) is 11.0. The number of carbonyl (C=O) groups is 1. The highest BCUT2D eigenvalue weighted by molar-refractivity contribution is 8.00. The molecule has 4 nitrogen and oxygen atoms in total. The van der Waals surface area contributed by atoms with Gasteiger partial charge in [0.15, 0.2) is 0 Å². The summed E-state index contributed by atoms with van der Waals surface area (Å²) in [5.41, 5.74) is 5.14. The molecular weight excluding hydrogens is 233 g/mol. The first kappa shape index (κ1) is 12.8. The standard InChI is InChI=1S/C10H12FNO3S/c1-5(4-13)16-9-2-6(10(14)15)8(12)3-7(9)11/h2-3,5,13H,4,12H2,1H3,(H,14,15). The molecule has 1 rings (SSSR count). The van der Waals surface area contributed by atoms with Gasteiger partial charge in [-0.2, -0.15) is 0 Å². The highest BCUT2D eigenvalue weighted by Crippen LogP contribution is 2.29. The summed E-state index contributed by atoms with van der Waals surface area (Å²) in [5.74, 6) is -1.77. The van der Waals surface area contributed by atoms with Crippen LogP contribution in [0.15, 0.2) is 17.0 Å². The molecule has 1 unspecified atom stereocenters. The van der Waals surface area contributed by atoms with Crippen LogP contribution in [0.25, 0.3) is 0 Å². The van der Waals surface area contributed by atoms with Gasteiger partial charge >= 0.3 is 5.97 Å². The first-order valence-corrected chi connectivity index (χ1v) is 5.43. The van der Waals surface area contributed by atoms with Crippen molar-refractivity contribution in [2.24, 2.45) is 0 Å². The molecule has 1 aromatic rings. The molecule has 1 atom stereocenters. The van der Waals surface area contributed by atoms with Crippen LogP contribution in [-0.2, 0) is 0 Å². The molecule has 0 radical (unpaired) electrons. The van der Waals surface area contributed by atoms with E-state index in [0.29, 0.717) is 0 Å². The Morgan fingerprint density at radius 2 is 2.25 bits per heavy atom. The lowest BCUT2D eigenvalue weighted by atomic mass is 10.2. The van der Waals surface area contributed by atoms with Gasteiger partial charge in [-0.25, -0.2) is 9.18 Å². The second-order valence-corrected chi connectivity index (χ2v) is 4.77. The topological polar surface area (TPSA) is 83.5 Å². The highest BCUT2D eigenvalue weighted by Gasteiger charge is 2.15. The van der Waals surface area contributed by atoms with E-state index in [1.54, 1.807) is 6.92 Å². The Balaban J connectivity index is 3.09. The summed E-state index contributed by atoms with van der Waals surface area (Å²) in [6.07, 6.45) is 0. The number of halogens is 1. The number of hydrogen-bond donors (Lipinski definition) is 3. The lowest BCUT2D eigenvalue weighted by Gasteiger charge is -2.10. The van der Waals surface area contributed by atoms with Crippen molar-refractivity contribution in [1.82, 2.24) is 0 Å². The summed E-state index contributed by atoms with van der Waals surface area (Å²) in [5, 5.41) is 17.4. The van der Waals surface area contributed by atoms with Gasteiger partial charge in [0, 0.05) is 15.8 Å². The number of nitrogen functional groups attached to an aromatic ring is 1. The minimum Gasteiger partial charge on any atom is -0.478 e. The van der Waals surface area contributed by atoms with Gasteiger partial charge in [0.2, 0.25) is 0 Å². The average Bonchev–Trinajstić information content (AvgIpc) is 2.21. The number of aliphatic hydroxyl groups is 1. The molecule has 0 saturated carbocycles. The maximum Gasteiger partial charge on any atom is 0.337 e. The van der Waals surface area contributed by atoms with Crippen molar-refractivity contribution in [1.29, 1.82) is 0 Å². The van der Waals surface area contributed by atoms with Crippen LogP contribution in [0.5, 0.6) is 0 Å². The number of aliphatic hydroxyl groups excluding tert-OH is 1. The molecule has 0 aliphatic heterocycles. The Labute approximate surface area is 96.3 Å². The van der Waals surface area contributed by atoms with Crippen LogP contribution >= 0.6 is 11.8 Å². The van der Waals surface area contributed by atoms with Gasteiger partial charge in [-0.05, 0) is 12.1 Å². The van der Waals surface area contributed by atoms with E-state index in [1.807, 2.05) is 0 Å². The normalized spacial score (nSPS) is 12.4. The minimum absolute atomic E-state index is 0.106. The van der Waals surface area contributed by atoms with Crippen molar-refractivity contribution in [3.8, 4) is 0 Å². The molecule has 88 valence electrons. The van der Waals surface area contributed by atoms with Crippen molar-refractivity contribution in [2.45, 2.75) is 17.1 Å². The van der Waals surface area contributed by atoms with Gasteiger partial charge in [0.25, 0.3) is 0 Å². The van der Waals surface area contributed by atoms with Gasteiger partial charge in [0.05, 0.1) is 12.2 Å². The number of benzene rings is 1. The largest absolute Gasteiger partial charge is 0.478 e. The second kappa shape index (κ2) is 5.18. The van der Waals surface area contributed by atoms with E-state index < -0.39 is 11.8 Å². The zero-order chi connectivity index (χ0) is 12.3. The maximum absolute atomic E-state index is 13.4. The third-order valence-electron chi connectivity index (χ3n) is 1.92. The van der Waals surface area contributed by atoms with E-state index in [2.05, 4.69) is 0 Å². The van der Waals surface area contributed by atoms with Crippen LogP contribution < -0.4 is 5.73 Å². The highest BCUT2D eigenvalue weighted by atomic mass is 32.2. The van der Waals surface area contributed by atoms with Gasteiger partial charge in [-0.3, -0.25) is 0 Å². The monoisotopic (exact) mass is 245 g/mol. The quantitative estimate of drug-likeness (QED) is 0.554. The zero-order valence-corrected chi connectivity index (χ0v) is 9.42. The smallest absolute Gasteiger partial charge is 0.337 e. The SMILES string of the molecule is CC(CO)Sc1cc(C(=O)O)c(N)cc1F. The lowest BCUT2D eigenvalue weighted by molar-refractivity contribution is 0.0697. The van der Waals surface area contributed by atoms with E-state index in [0.717, 1.165) is 17.8 Å². The average molecular weight is 245 g/mol. The van der Waals surface area contributed by atoms with Crippen LogP contribution in [0.2, 0.25) is 0 Å². The molecule has 4 N–H and O–H groups in total. The predicted molar refractivity (Wildman–Crippen MR) is 60.2 cm³/mol. The van der Waals surface area contributed by atoms with Crippen LogP contribution in [0, 0.1) is 5.82 Å². The molecule has 0 saturated heterocycles. The van der Waals surface area contributed by atoms with Gasteiger partial charge < -0.3 is 15.9 Å². The molecule has 1 aromatic carbocycles. The maximum atomic E-state index is 13.4. The van der Waals surface area contributed by atoms with Crippen LogP contribution in [0.1, 0.15) is 17.3 Å². The molecule has 0 aliphatic carbocycles. The second-order valence-electron chi connectivity index (χ2n) is 3.29. The van der Waals surface area contributed by atoms with Gasteiger partial charge in [0.1, 0.15) is 5.82 Å². The van der Waals surface area contributed by atoms with Crippen molar-refractivity contribution < 1.29 is 19.4 Å². The predicted octanol–water partition coefficient (Wildman–Crippen LogP) is 1.58. The minimum atomic E-state index is -1.20. The molecule has 0 spiro atoms. The van der Waals surface area contributed by atoms with E-state index in [9.17, 15) is 9.18 Å². The Bertz CT molecular complexity index is 411. The zero-order valence-electron chi connectivity index (χ0n) is 8.61. The summed E-state index contributed by atoms with van der Waals surface area (Å²) >= 11 is 1.07. The van der Waals surface area contributed by atoms with Crippen LogP contribution in [0.3, 0.4) is 0 Å². The molecule has 6 heteroatoms. The molecule has 0 aromatic heterocycles. The summed E-state index contributed by atoms with van der Waals surface area (Å²) in [7, 11) is 0. The van der Waals surface area contributed by atoms with E-state index >= 15 is 0 Å². The lowest BCUT2D eigenvalue weighted by Crippen LogP contribution is -2.06. The Kier molecular flexibility index (Phi) is 4.14. The summed E-state index contributed by atoms with van der Waals surface area (Å²) in [6, 6.07) is 2.17. The number of thioether (sulfide) groups is 1.